The zero-order valence-electron chi connectivity index (χ0n) is 12.2. The SMILES string of the molecule is CCNCc1ccoc1COc1ccc(C)cc1OC. The second kappa shape index (κ2) is 7.01. The van der Waals surface area contributed by atoms with E-state index in [0.717, 1.165) is 41.5 Å². The van der Waals surface area contributed by atoms with Crippen LogP contribution in [0.25, 0.3) is 0 Å². The van der Waals surface area contributed by atoms with Gasteiger partial charge in [0.1, 0.15) is 12.4 Å². The number of benzene rings is 1. The highest BCUT2D eigenvalue weighted by molar-refractivity contribution is 5.42. The summed E-state index contributed by atoms with van der Waals surface area (Å²) in [7, 11) is 1.64. The fourth-order valence-corrected chi connectivity index (χ4v) is 1.95. The highest BCUT2D eigenvalue weighted by Gasteiger charge is 2.09. The molecule has 0 atom stereocenters. The van der Waals surface area contributed by atoms with Crippen molar-refractivity contribution in [1.29, 1.82) is 0 Å². The van der Waals surface area contributed by atoms with Gasteiger partial charge in [-0.15, -0.1) is 0 Å². The molecule has 0 unspecified atom stereocenters. The van der Waals surface area contributed by atoms with Gasteiger partial charge in [0.25, 0.3) is 0 Å². The monoisotopic (exact) mass is 275 g/mol. The molecule has 0 aliphatic heterocycles. The lowest BCUT2D eigenvalue weighted by atomic mass is 10.2. The Balaban J connectivity index is 2.03. The Hall–Kier alpha value is -1.94. The molecule has 1 N–H and O–H groups in total. The third-order valence-corrected chi connectivity index (χ3v) is 3.08. The number of rotatable bonds is 7. The molecule has 0 aliphatic rings. The zero-order chi connectivity index (χ0) is 14.4. The van der Waals surface area contributed by atoms with E-state index in [0.29, 0.717) is 6.61 Å². The molecule has 20 heavy (non-hydrogen) atoms. The highest BCUT2D eigenvalue weighted by Crippen LogP contribution is 2.28. The summed E-state index contributed by atoms with van der Waals surface area (Å²) in [6, 6.07) is 7.84. The molecule has 1 heterocycles. The van der Waals surface area contributed by atoms with Gasteiger partial charge in [-0.2, -0.15) is 0 Å². The average Bonchev–Trinajstić information content (AvgIpc) is 2.91. The van der Waals surface area contributed by atoms with Crippen molar-refractivity contribution in [2.45, 2.75) is 27.0 Å². The summed E-state index contributed by atoms with van der Waals surface area (Å²) in [5.41, 5.74) is 2.26. The zero-order valence-corrected chi connectivity index (χ0v) is 12.2. The fourth-order valence-electron chi connectivity index (χ4n) is 1.95. The molecule has 1 aromatic heterocycles. The van der Waals surface area contributed by atoms with Gasteiger partial charge in [-0.1, -0.05) is 13.0 Å². The molecule has 1 aromatic carbocycles. The number of aryl methyl sites for hydroxylation is 1. The molecule has 4 heteroatoms. The van der Waals surface area contributed by atoms with Crippen LogP contribution >= 0.6 is 0 Å². The van der Waals surface area contributed by atoms with Gasteiger partial charge in [-0.3, -0.25) is 0 Å². The summed E-state index contributed by atoms with van der Waals surface area (Å²) < 4.78 is 16.6. The Kier molecular flexibility index (Phi) is 5.07. The minimum Gasteiger partial charge on any atom is -0.493 e. The van der Waals surface area contributed by atoms with Gasteiger partial charge in [-0.05, 0) is 37.2 Å². The topological polar surface area (TPSA) is 43.6 Å². The van der Waals surface area contributed by atoms with Crippen molar-refractivity contribution in [3.63, 3.8) is 0 Å². The van der Waals surface area contributed by atoms with E-state index in [-0.39, 0.29) is 0 Å². The average molecular weight is 275 g/mol. The molecule has 0 saturated carbocycles. The van der Waals surface area contributed by atoms with Crippen molar-refractivity contribution in [1.82, 2.24) is 5.32 Å². The Morgan fingerprint density at radius 1 is 1.20 bits per heavy atom. The number of ether oxygens (including phenoxy) is 2. The van der Waals surface area contributed by atoms with Gasteiger partial charge in [0.2, 0.25) is 0 Å². The van der Waals surface area contributed by atoms with Crippen LogP contribution in [0.2, 0.25) is 0 Å². The van der Waals surface area contributed by atoms with Crippen molar-refractivity contribution in [2.24, 2.45) is 0 Å². The van der Waals surface area contributed by atoms with E-state index < -0.39 is 0 Å². The maximum atomic E-state index is 5.80. The second-order valence-electron chi connectivity index (χ2n) is 4.59. The standard InChI is InChI=1S/C16H21NO3/c1-4-17-10-13-7-8-19-16(13)11-20-14-6-5-12(2)9-15(14)18-3/h5-9,17H,4,10-11H2,1-3H3. The molecule has 0 radical (unpaired) electrons. The van der Waals surface area contributed by atoms with Crippen molar-refractivity contribution in [3.8, 4) is 11.5 Å². The highest BCUT2D eigenvalue weighted by atomic mass is 16.5. The lowest BCUT2D eigenvalue weighted by molar-refractivity contribution is 0.254. The molecule has 4 nitrogen and oxygen atoms in total. The lowest BCUT2D eigenvalue weighted by Crippen LogP contribution is -2.12. The summed E-state index contributed by atoms with van der Waals surface area (Å²) in [5.74, 6) is 2.31. The summed E-state index contributed by atoms with van der Waals surface area (Å²) >= 11 is 0. The molecule has 108 valence electrons. The first kappa shape index (κ1) is 14.5. The van der Waals surface area contributed by atoms with Crippen LogP contribution in [0.15, 0.2) is 34.9 Å². The normalized spacial score (nSPS) is 10.6. The van der Waals surface area contributed by atoms with Gasteiger partial charge in [0.15, 0.2) is 11.5 Å². The van der Waals surface area contributed by atoms with E-state index in [2.05, 4.69) is 12.2 Å². The smallest absolute Gasteiger partial charge is 0.161 e. The predicted octanol–water partition coefficient (Wildman–Crippen LogP) is 3.29. The van der Waals surface area contributed by atoms with E-state index in [9.17, 15) is 0 Å². The quantitative estimate of drug-likeness (QED) is 0.842. The largest absolute Gasteiger partial charge is 0.493 e. The molecule has 0 saturated heterocycles. The lowest BCUT2D eigenvalue weighted by Gasteiger charge is -2.11. The minimum absolute atomic E-state index is 0.396. The van der Waals surface area contributed by atoms with Gasteiger partial charge in [0.05, 0.1) is 13.4 Å². The molecule has 0 fully saturated rings. The van der Waals surface area contributed by atoms with Gasteiger partial charge >= 0.3 is 0 Å². The van der Waals surface area contributed by atoms with Crippen LogP contribution < -0.4 is 14.8 Å². The molecule has 2 aromatic rings. The second-order valence-corrected chi connectivity index (χ2v) is 4.59. The molecule has 0 spiro atoms. The maximum absolute atomic E-state index is 5.80. The molecule has 2 rings (SSSR count). The number of hydrogen-bond donors (Lipinski definition) is 1. The van der Waals surface area contributed by atoms with Crippen LogP contribution in [0.5, 0.6) is 11.5 Å². The first-order chi connectivity index (χ1) is 9.74. The van der Waals surface area contributed by atoms with Crippen molar-refractivity contribution in [3.05, 3.63) is 47.4 Å². The van der Waals surface area contributed by atoms with Gasteiger partial charge in [-0.25, -0.2) is 0 Å². The van der Waals surface area contributed by atoms with E-state index in [1.54, 1.807) is 13.4 Å². The van der Waals surface area contributed by atoms with Crippen LogP contribution in [0.4, 0.5) is 0 Å². The summed E-state index contributed by atoms with van der Waals surface area (Å²) in [4.78, 5) is 0. The number of methoxy groups -OCH3 is 1. The molecule has 0 aliphatic carbocycles. The van der Waals surface area contributed by atoms with E-state index >= 15 is 0 Å². The molecular weight excluding hydrogens is 254 g/mol. The summed E-state index contributed by atoms with van der Waals surface area (Å²) in [6.45, 7) is 6.21. The third kappa shape index (κ3) is 3.54. The Morgan fingerprint density at radius 3 is 2.80 bits per heavy atom. The Labute approximate surface area is 119 Å². The fraction of sp³-hybridized carbons (Fsp3) is 0.375. The van der Waals surface area contributed by atoms with Gasteiger partial charge < -0.3 is 19.2 Å². The van der Waals surface area contributed by atoms with E-state index in [4.69, 9.17) is 13.9 Å². The van der Waals surface area contributed by atoms with Crippen LogP contribution in [0.3, 0.4) is 0 Å². The Bertz CT molecular complexity index is 548. The Morgan fingerprint density at radius 2 is 2.05 bits per heavy atom. The van der Waals surface area contributed by atoms with Crippen LogP contribution in [0.1, 0.15) is 23.8 Å². The van der Waals surface area contributed by atoms with E-state index in [1.165, 1.54) is 0 Å². The summed E-state index contributed by atoms with van der Waals surface area (Å²) in [6.07, 6.45) is 1.69. The molecular formula is C16H21NO3. The first-order valence-corrected chi connectivity index (χ1v) is 6.78. The number of hydrogen-bond acceptors (Lipinski definition) is 4. The minimum atomic E-state index is 0.396. The van der Waals surface area contributed by atoms with E-state index in [1.807, 2.05) is 31.2 Å². The van der Waals surface area contributed by atoms with Crippen LogP contribution in [-0.2, 0) is 13.2 Å². The van der Waals surface area contributed by atoms with Crippen LogP contribution in [0, 0.1) is 6.92 Å². The van der Waals surface area contributed by atoms with Crippen molar-refractivity contribution >= 4 is 0 Å². The maximum Gasteiger partial charge on any atom is 0.161 e. The number of nitrogens with one attached hydrogen (secondary N) is 1. The molecule has 0 amide bonds. The molecule has 0 bridgehead atoms. The van der Waals surface area contributed by atoms with Crippen molar-refractivity contribution in [2.75, 3.05) is 13.7 Å². The predicted molar refractivity (Wildman–Crippen MR) is 78.2 cm³/mol. The third-order valence-electron chi connectivity index (χ3n) is 3.08. The van der Waals surface area contributed by atoms with Crippen LogP contribution in [-0.4, -0.2) is 13.7 Å². The number of furan rings is 1. The van der Waals surface area contributed by atoms with Gasteiger partial charge in [0, 0.05) is 12.1 Å². The summed E-state index contributed by atoms with van der Waals surface area (Å²) in [5, 5.41) is 3.28. The van der Waals surface area contributed by atoms with Crippen molar-refractivity contribution < 1.29 is 13.9 Å². The first-order valence-electron chi connectivity index (χ1n) is 6.78.